The zero-order chi connectivity index (χ0) is 20.7. The molecule has 0 saturated heterocycles. The average Bonchev–Trinajstić information content (AvgIpc) is 3.35. The largest absolute Gasteiger partial charge is 0.357 e. The van der Waals surface area contributed by atoms with E-state index in [0.29, 0.717) is 6.04 Å². The van der Waals surface area contributed by atoms with E-state index in [1.807, 2.05) is 33.4 Å². The van der Waals surface area contributed by atoms with Crippen LogP contribution in [0.15, 0.2) is 12.5 Å². The highest BCUT2D eigenvalue weighted by atomic mass is 15.5. The molecular formula is C21H39N7. The molecule has 0 saturated carbocycles. The van der Waals surface area contributed by atoms with Gasteiger partial charge in [-0.2, -0.15) is 0 Å². The molecule has 28 heavy (non-hydrogen) atoms. The maximum absolute atomic E-state index is 4.21. The van der Waals surface area contributed by atoms with Crippen molar-refractivity contribution in [2.24, 2.45) is 5.92 Å². The van der Waals surface area contributed by atoms with Crippen LogP contribution < -0.4 is 10.2 Å². The molecule has 1 unspecified atom stereocenters. The number of nitrogens with one attached hydrogen (secondary N) is 1. The smallest absolute Gasteiger partial charge is 0.228 e. The minimum absolute atomic E-state index is 0.489. The summed E-state index contributed by atoms with van der Waals surface area (Å²) in [5.74, 6) is 3.35. The van der Waals surface area contributed by atoms with Gasteiger partial charge in [-0.25, -0.2) is 4.98 Å². The maximum Gasteiger partial charge on any atom is 0.228 e. The fraction of sp³-hybridized carbons (Fsp3) is 0.762. The molecule has 2 aliphatic rings. The zero-order valence-corrected chi connectivity index (χ0v) is 18.8. The number of imidazole rings is 1. The van der Waals surface area contributed by atoms with Gasteiger partial charge in [0.25, 0.3) is 0 Å². The normalized spacial score (nSPS) is 17.9. The molecule has 7 heteroatoms. The Morgan fingerprint density at radius 3 is 2.43 bits per heavy atom. The predicted octanol–water partition coefficient (Wildman–Crippen LogP) is 4.38. The van der Waals surface area contributed by atoms with Crippen LogP contribution in [-0.2, 0) is 13.1 Å². The molecule has 0 aromatic carbocycles. The van der Waals surface area contributed by atoms with E-state index in [9.17, 15) is 0 Å². The first-order valence-electron chi connectivity index (χ1n) is 10.9. The highest BCUT2D eigenvalue weighted by molar-refractivity contribution is 5.41. The van der Waals surface area contributed by atoms with Crippen LogP contribution in [-0.4, -0.2) is 43.9 Å². The van der Waals surface area contributed by atoms with Crippen molar-refractivity contribution < 1.29 is 0 Å². The SMILES string of the molecule is CC.CC(C)C1CCCn2cncc21.CNc1nnc2n1CCCN2C(C)C. The Balaban J connectivity index is 0.000000186. The van der Waals surface area contributed by atoms with E-state index in [1.165, 1.54) is 25.1 Å². The predicted molar refractivity (Wildman–Crippen MR) is 117 cm³/mol. The number of nitrogens with zero attached hydrogens (tertiary/aromatic N) is 6. The minimum atomic E-state index is 0.489. The van der Waals surface area contributed by atoms with Gasteiger partial charge in [0.2, 0.25) is 11.9 Å². The summed E-state index contributed by atoms with van der Waals surface area (Å²) in [5, 5.41) is 11.4. The Morgan fingerprint density at radius 2 is 1.79 bits per heavy atom. The molecule has 0 fully saturated rings. The molecule has 158 valence electrons. The Labute approximate surface area is 170 Å². The van der Waals surface area contributed by atoms with Gasteiger partial charge in [-0.3, -0.25) is 4.57 Å². The zero-order valence-electron chi connectivity index (χ0n) is 18.8. The first kappa shape index (κ1) is 22.2. The second-order valence-corrected chi connectivity index (χ2v) is 7.87. The summed E-state index contributed by atoms with van der Waals surface area (Å²) in [6.45, 7) is 16.2. The lowest BCUT2D eigenvalue weighted by Gasteiger charge is -2.31. The fourth-order valence-electron chi connectivity index (χ4n) is 4.02. The summed E-state index contributed by atoms with van der Waals surface area (Å²) in [6.07, 6.45) is 7.81. The number of anilines is 2. The molecule has 2 aromatic rings. The van der Waals surface area contributed by atoms with Gasteiger partial charge in [0, 0.05) is 50.5 Å². The van der Waals surface area contributed by atoms with Gasteiger partial charge in [0.1, 0.15) is 0 Å². The Morgan fingerprint density at radius 1 is 1.04 bits per heavy atom. The van der Waals surface area contributed by atoms with Crippen LogP contribution in [0, 0.1) is 5.92 Å². The van der Waals surface area contributed by atoms with E-state index in [-0.39, 0.29) is 0 Å². The average molecular weight is 390 g/mol. The van der Waals surface area contributed by atoms with Gasteiger partial charge in [0.05, 0.1) is 6.33 Å². The van der Waals surface area contributed by atoms with Crippen molar-refractivity contribution in [3.05, 3.63) is 18.2 Å². The monoisotopic (exact) mass is 389 g/mol. The molecule has 1 atom stereocenters. The second kappa shape index (κ2) is 10.5. The van der Waals surface area contributed by atoms with Crippen molar-refractivity contribution in [1.29, 1.82) is 0 Å². The molecule has 0 aliphatic carbocycles. The summed E-state index contributed by atoms with van der Waals surface area (Å²) in [7, 11) is 1.88. The molecule has 1 N–H and O–H groups in total. The van der Waals surface area contributed by atoms with E-state index in [0.717, 1.165) is 43.2 Å². The number of hydrogen-bond donors (Lipinski definition) is 1. The van der Waals surface area contributed by atoms with Crippen LogP contribution in [0.5, 0.6) is 0 Å². The lowest BCUT2D eigenvalue weighted by Crippen LogP contribution is -2.37. The van der Waals surface area contributed by atoms with Crippen molar-refractivity contribution in [3.8, 4) is 0 Å². The molecule has 7 nitrogen and oxygen atoms in total. The second-order valence-electron chi connectivity index (χ2n) is 7.87. The van der Waals surface area contributed by atoms with Crippen molar-refractivity contribution in [2.75, 3.05) is 23.8 Å². The van der Waals surface area contributed by atoms with Gasteiger partial charge in [-0.05, 0) is 39.0 Å². The van der Waals surface area contributed by atoms with Gasteiger partial charge in [-0.1, -0.05) is 27.7 Å². The van der Waals surface area contributed by atoms with Crippen molar-refractivity contribution in [2.45, 2.75) is 85.9 Å². The quantitative estimate of drug-likeness (QED) is 0.844. The number of fused-ring (bicyclic) bond motifs is 2. The molecule has 0 bridgehead atoms. The van der Waals surface area contributed by atoms with Crippen LogP contribution in [0.3, 0.4) is 0 Å². The van der Waals surface area contributed by atoms with Gasteiger partial charge < -0.3 is 14.8 Å². The third kappa shape index (κ3) is 4.86. The molecule has 0 radical (unpaired) electrons. The third-order valence-corrected chi connectivity index (χ3v) is 5.46. The number of aryl methyl sites for hydroxylation is 1. The highest BCUT2D eigenvalue weighted by Crippen LogP contribution is 2.32. The molecule has 4 heterocycles. The lowest BCUT2D eigenvalue weighted by molar-refractivity contribution is 0.377. The number of rotatable bonds is 3. The summed E-state index contributed by atoms with van der Waals surface area (Å²) in [6, 6.07) is 0.489. The molecule has 2 aliphatic heterocycles. The van der Waals surface area contributed by atoms with E-state index >= 15 is 0 Å². The van der Waals surface area contributed by atoms with Crippen LogP contribution in [0.25, 0.3) is 0 Å². The van der Waals surface area contributed by atoms with Crippen LogP contribution in [0.1, 0.15) is 72.4 Å². The first-order chi connectivity index (χ1) is 13.5. The maximum atomic E-state index is 4.21. The van der Waals surface area contributed by atoms with Crippen molar-refractivity contribution >= 4 is 11.9 Å². The Bertz CT molecular complexity index is 701. The molecule has 0 amide bonds. The van der Waals surface area contributed by atoms with E-state index in [4.69, 9.17) is 0 Å². The first-order valence-corrected chi connectivity index (χ1v) is 10.9. The van der Waals surface area contributed by atoms with Crippen LogP contribution in [0.4, 0.5) is 11.9 Å². The lowest BCUT2D eigenvalue weighted by atomic mass is 9.86. The molecule has 2 aromatic heterocycles. The Hall–Kier alpha value is -2.05. The summed E-state index contributed by atoms with van der Waals surface area (Å²) in [4.78, 5) is 6.49. The minimum Gasteiger partial charge on any atom is -0.357 e. The fourth-order valence-corrected chi connectivity index (χ4v) is 4.02. The van der Waals surface area contributed by atoms with Crippen LogP contribution >= 0.6 is 0 Å². The van der Waals surface area contributed by atoms with Gasteiger partial charge in [0.15, 0.2) is 0 Å². The topological polar surface area (TPSA) is 63.8 Å². The highest BCUT2D eigenvalue weighted by Gasteiger charge is 2.24. The van der Waals surface area contributed by atoms with Crippen molar-refractivity contribution in [3.63, 3.8) is 0 Å². The van der Waals surface area contributed by atoms with Crippen molar-refractivity contribution in [1.82, 2.24) is 24.3 Å². The Kier molecular flexibility index (Phi) is 8.33. The van der Waals surface area contributed by atoms with E-state index in [2.05, 4.69) is 62.2 Å². The van der Waals surface area contributed by atoms with Gasteiger partial charge >= 0.3 is 0 Å². The van der Waals surface area contributed by atoms with E-state index < -0.39 is 0 Å². The molecular weight excluding hydrogens is 350 g/mol. The molecule has 0 spiro atoms. The molecule has 4 rings (SSSR count). The number of aromatic nitrogens is 5. The van der Waals surface area contributed by atoms with Crippen LogP contribution in [0.2, 0.25) is 0 Å². The summed E-state index contributed by atoms with van der Waals surface area (Å²) >= 11 is 0. The number of hydrogen-bond acceptors (Lipinski definition) is 5. The van der Waals surface area contributed by atoms with E-state index in [1.54, 1.807) is 0 Å². The summed E-state index contributed by atoms with van der Waals surface area (Å²) in [5.41, 5.74) is 1.44. The van der Waals surface area contributed by atoms with Gasteiger partial charge in [-0.15, -0.1) is 10.2 Å². The summed E-state index contributed by atoms with van der Waals surface area (Å²) < 4.78 is 4.44. The third-order valence-electron chi connectivity index (χ3n) is 5.46. The standard InChI is InChI=1S/C10H16N2.C9H17N5.C2H6/c1-8(2)9-4-3-5-12-7-11-6-10(9)12;1-7(2)13-5-4-6-14-8(10-3)11-12-9(13)14;1-2/h6-9H,3-5H2,1-2H3;7H,4-6H2,1-3H3,(H,10,11);1-2H3.